The summed E-state index contributed by atoms with van der Waals surface area (Å²) in [6, 6.07) is 8.48. The van der Waals surface area contributed by atoms with Crippen molar-refractivity contribution in [3.63, 3.8) is 0 Å². The fourth-order valence-corrected chi connectivity index (χ4v) is 2.08. The Hall–Kier alpha value is -1.52. The zero-order valence-corrected chi connectivity index (χ0v) is 11.8. The number of nitrogens with two attached hydrogens (primary N) is 1. The van der Waals surface area contributed by atoms with Crippen LogP contribution in [0.5, 0.6) is 5.75 Å². The molecule has 1 atom stereocenters. The smallest absolute Gasteiger partial charge is 0.137 e. The van der Waals surface area contributed by atoms with Crippen molar-refractivity contribution >= 4 is 10.9 Å². The molecule has 0 unspecified atom stereocenters. The van der Waals surface area contributed by atoms with Crippen LogP contribution in [0.4, 0.5) is 0 Å². The van der Waals surface area contributed by atoms with E-state index in [4.69, 9.17) is 4.74 Å². The Morgan fingerprint density at radius 3 is 2.89 bits per heavy atom. The van der Waals surface area contributed by atoms with Gasteiger partial charge in [-0.25, -0.2) is 0 Å². The van der Waals surface area contributed by atoms with Gasteiger partial charge in [0.05, 0.1) is 6.04 Å². The third kappa shape index (κ3) is 3.72. The van der Waals surface area contributed by atoms with Crippen LogP contribution in [-0.4, -0.2) is 35.4 Å². The molecule has 0 aliphatic carbocycles. The van der Waals surface area contributed by atoms with Gasteiger partial charge in [0.25, 0.3) is 0 Å². The zero-order chi connectivity index (χ0) is 13.8. The lowest BCUT2D eigenvalue weighted by molar-refractivity contribution is -0.688. The van der Waals surface area contributed by atoms with Crippen molar-refractivity contribution in [1.29, 1.82) is 0 Å². The Bertz CT molecular complexity index is 534. The molecule has 0 aliphatic rings. The van der Waals surface area contributed by atoms with Crippen LogP contribution in [0.25, 0.3) is 10.9 Å². The van der Waals surface area contributed by atoms with Crippen LogP contribution in [0.2, 0.25) is 0 Å². The highest BCUT2D eigenvalue weighted by Crippen LogP contribution is 2.26. The molecule has 0 saturated heterocycles. The topological polar surface area (TPSA) is 61.9 Å². The lowest BCUT2D eigenvalue weighted by Crippen LogP contribution is -2.90. The second-order valence-corrected chi connectivity index (χ2v) is 5.35. The van der Waals surface area contributed by atoms with Crippen LogP contribution >= 0.6 is 0 Å². The van der Waals surface area contributed by atoms with Crippen molar-refractivity contribution in [3.05, 3.63) is 30.0 Å². The monoisotopic (exact) mass is 263 g/mol. The first-order valence-electron chi connectivity index (χ1n) is 6.79. The number of hydrogen-bond acceptors (Lipinski definition) is 2. The SMILES string of the molecule is Cc1cc2c(OC[C@@H](O)C[NH2+]C(C)C)cccc2[nH]1. The van der Waals surface area contributed by atoms with Gasteiger partial charge in [0.2, 0.25) is 0 Å². The Kier molecular flexibility index (Phi) is 4.45. The number of nitrogens with one attached hydrogen (secondary N) is 1. The van der Waals surface area contributed by atoms with Gasteiger partial charge in [-0.3, -0.25) is 0 Å². The molecule has 19 heavy (non-hydrogen) atoms. The molecule has 0 radical (unpaired) electrons. The number of aliphatic hydroxyl groups is 1. The normalized spacial score (nSPS) is 13.1. The van der Waals surface area contributed by atoms with E-state index >= 15 is 0 Å². The lowest BCUT2D eigenvalue weighted by atomic mass is 10.2. The highest BCUT2D eigenvalue weighted by molar-refractivity contribution is 5.86. The van der Waals surface area contributed by atoms with E-state index in [1.807, 2.05) is 25.1 Å². The fourth-order valence-electron chi connectivity index (χ4n) is 2.08. The number of aromatic nitrogens is 1. The summed E-state index contributed by atoms with van der Waals surface area (Å²) < 4.78 is 5.74. The van der Waals surface area contributed by atoms with Crippen molar-refractivity contribution < 1.29 is 15.2 Å². The largest absolute Gasteiger partial charge is 0.490 e. The zero-order valence-electron chi connectivity index (χ0n) is 11.8. The third-order valence-corrected chi connectivity index (χ3v) is 3.07. The Morgan fingerprint density at radius 2 is 2.16 bits per heavy atom. The number of H-pyrrole nitrogens is 1. The minimum absolute atomic E-state index is 0.326. The van der Waals surface area contributed by atoms with Gasteiger partial charge in [0.1, 0.15) is 25.0 Å². The number of quaternary nitrogens is 1. The molecule has 2 rings (SSSR count). The minimum atomic E-state index is -0.447. The highest BCUT2D eigenvalue weighted by atomic mass is 16.5. The van der Waals surface area contributed by atoms with E-state index in [0.29, 0.717) is 19.2 Å². The number of ether oxygens (including phenoxy) is 1. The van der Waals surface area contributed by atoms with E-state index in [9.17, 15) is 5.11 Å². The van der Waals surface area contributed by atoms with E-state index in [1.165, 1.54) is 0 Å². The maximum absolute atomic E-state index is 9.87. The molecule has 104 valence electrons. The first kappa shape index (κ1) is 13.9. The van der Waals surface area contributed by atoms with Crippen LogP contribution < -0.4 is 10.1 Å². The maximum atomic E-state index is 9.87. The van der Waals surface area contributed by atoms with Crippen molar-refractivity contribution in [2.45, 2.75) is 32.9 Å². The Morgan fingerprint density at radius 1 is 1.37 bits per heavy atom. The summed E-state index contributed by atoms with van der Waals surface area (Å²) in [5, 5.41) is 13.0. The summed E-state index contributed by atoms with van der Waals surface area (Å²) in [6.45, 7) is 7.23. The van der Waals surface area contributed by atoms with E-state index < -0.39 is 6.10 Å². The molecule has 4 N–H and O–H groups in total. The number of aryl methyl sites for hydroxylation is 1. The van der Waals surface area contributed by atoms with Crippen LogP contribution in [0, 0.1) is 6.92 Å². The first-order valence-corrected chi connectivity index (χ1v) is 6.79. The minimum Gasteiger partial charge on any atom is -0.490 e. The highest BCUT2D eigenvalue weighted by Gasteiger charge is 2.10. The summed E-state index contributed by atoms with van der Waals surface area (Å²) >= 11 is 0. The van der Waals surface area contributed by atoms with Gasteiger partial charge in [0, 0.05) is 16.6 Å². The van der Waals surface area contributed by atoms with Gasteiger partial charge in [-0.05, 0) is 39.0 Å². The molecular weight excluding hydrogens is 240 g/mol. The van der Waals surface area contributed by atoms with Gasteiger partial charge < -0.3 is 20.1 Å². The molecule has 0 saturated carbocycles. The van der Waals surface area contributed by atoms with Gasteiger partial charge in [-0.1, -0.05) is 6.07 Å². The molecule has 2 aromatic rings. The molecule has 0 amide bonds. The van der Waals surface area contributed by atoms with E-state index in [1.54, 1.807) is 0 Å². The van der Waals surface area contributed by atoms with E-state index in [0.717, 1.165) is 22.3 Å². The van der Waals surface area contributed by atoms with E-state index in [2.05, 4.69) is 30.2 Å². The molecule has 4 heteroatoms. The van der Waals surface area contributed by atoms with Crippen LogP contribution in [-0.2, 0) is 0 Å². The third-order valence-electron chi connectivity index (χ3n) is 3.07. The van der Waals surface area contributed by atoms with Crippen LogP contribution in [0.1, 0.15) is 19.5 Å². The number of hydrogen-bond donors (Lipinski definition) is 3. The number of aromatic amines is 1. The van der Waals surface area contributed by atoms with Crippen molar-refractivity contribution in [2.75, 3.05) is 13.2 Å². The second kappa shape index (κ2) is 6.08. The molecule has 1 aromatic carbocycles. The standard InChI is InChI=1S/C15H22N2O2/c1-10(2)16-8-12(18)9-19-15-6-4-5-14-13(15)7-11(3)17-14/h4-7,10,12,16-18H,8-9H2,1-3H3/p+1/t12-/m0/s1. The number of fused-ring (bicyclic) bond motifs is 1. The maximum Gasteiger partial charge on any atom is 0.137 e. The fraction of sp³-hybridized carbons (Fsp3) is 0.467. The Labute approximate surface area is 113 Å². The lowest BCUT2D eigenvalue weighted by Gasteiger charge is -2.13. The first-order chi connectivity index (χ1) is 9.06. The molecule has 1 heterocycles. The van der Waals surface area contributed by atoms with Crippen molar-refractivity contribution in [3.8, 4) is 5.75 Å². The van der Waals surface area contributed by atoms with Gasteiger partial charge in [-0.2, -0.15) is 0 Å². The predicted molar refractivity (Wildman–Crippen MR) is 76.5 cm³/mol. The van der Waals surface area contributed by atoms with Crippen LogP contribution in [0.15, 0.2) is 24.3 Å². The average molecular weight is 263 g/mol. The molecule has 0 bridgehead atoms. The average Bonchev–Trinajstić information content (AvgIpc) is 2.74. The summed E-state index contributed by atoms with van der Waals surface area (Å²) in [6.07, 6.45) is -0.447. The number of benzene rings is 1. The predicted octanol–water partition coefficient (Wildman–Crippen LogP) is 1.19. The molecule has 4 nitrogen and oxygen atoms in total. The second-order valence-electron chi connectivity index (χ2n) is 5.35. The van der Waals surface area contributed by atoms with Crippen LogP contribution in [0.3, 0.4) is 0 Å². The van der Waals surface area contributed by atoms with Crippen molar-refractivity contribution in [1.82, 2.24) is 4.98 Å². The summed E-state index contributed by atoms with van der Waals surface area (Å²) in [5.41, 5.74) is 2.18. The molecule has 0 fully saturated rings. The summed E-state index contributed by atoms with van der Waals surface area (Å²) in [4.78, 5) is 3.28. The molecular formula is C15H23N2O2+. The van der Waals surface area contributed by atoms with Crippen molar-refractivity contribution in [2.24, 2.45) is 0 Å². The summed E-state index contributed by atoms with van der Waals surface area (Å²) in [7, 11) is 0. The van der Waals surface area contributed by atoms with Gasteiger partial charge in [-0.15, -0.1) is 0 Å². The molecule has 0 aliphatic heterocycles. The van der Waals surface area contributed by atoms with Gasteiger partial charge in [0.15, 0.2) is 0 Å². The van der Waals surface area contributed by atoms with Gasteiger partial charge >= 0.3 is 0 Å². The number of rotatable bonds is 6. The summed E-state index contributed by atoms with van der Waals surface area (Å²) in [5.74, 6) is 0.824. The number of aliphatic hydroxyl groups excluding tert-OH is 1. The molecule has 1 aromatic heterocycles. The van der Waals surface area contributed by atoms with E-state index in [-0.39, 0.29) is 0 Å². The Balaban J connectivity index is 1.97. The quantitative estimate of drug-likeness (QED) is 0.733. The molecule has 0 spiro atoms.